The maximum absolute atomic E-state index is 4.40. The maximum Gasteiger partial charge on any atom is 0.129 e. The number of aromatic nitrogens is 2. The average Bonchev–Trinajstić information content (AvgIpc) is 2.66. The molecule has 1 fully saturated rings. The lowest BCUT2D eigenvalue weighted by atomic mass is 10.2. The number of thioether (sulfide) groups is 1. The third-order valence-electron chi connectivity index (χ3n) is 2.94. The first-order valence-corrected chi connectivity index (χ1v) is 7.02. The van der Waals surface area contributed by atoms with Crippen molar-refractivity contribution in [1.82, 2.24) is 9.97 Å². The summed E-state index contributed by atoms with van der Waals surface area (Å²) in [6.45, 7) is 4.16. The van der Waals surface area contributed by atoms with Gasteiger partial charge in [0.1, 0.15) is 11.6 Å². The number of hydrogen-bond acceptors (Lipinski definition) is 4. The van der Waals surface area contributed by atoms with Crippen LogP contribution in [0.25, 0.3) is 0 Å². The summed E-state index contributed by atoms with van der Waals surface area (Å²) in [4.78, 5) is 8.51. The first-order chi connectivity index (χ1) is 7.79. The summed E-state index contributed by atoms with van der Waals surface area (Å²) in [6, 6.07) is 2.54. The Balaban J connectivity index is 1.98. The van der Waals surface area contributed by atoms with Crippen molar-refractivity contribution in [2.24, 2.45) is 0 Å². The van der Waals surface area contributed by atoms with Gasteiger partial charge < -0.3 is 5.32 Å². The lowest BCUT2D eigenvalue weighted by Gasteiger charge is -2.20. The molecule has 0 spiro atoms. The van der Waals surface area contributed by atoms with Crippen LogP contribution in [-0.2, 0) is 0 Å². The average molecular weight is 237 g/mol. The monoisotopic (exact) mass is 237 g/mol. The van der Waals surface area contributed by atoms with Crippen LogP contribution in [0.1, 0.15) is 32.0 Å². The summed E-state index contributed by atoms with van der Waals surface area (Å²) >= 11 is 2.06. The van der Waals surface area contributed by atoms with E-state index in [1.54, 1.807) is 0 Å². The predicted molar refractivity (Wildman–Crippen MR) is 70.0 cm³/mol. The molecule has 0 radical (unpaired) electrons. The highest BCUT2D eigenvalue weighted by Crippen LogP contribution is 2.31. The standard InChI is InChI=1S/C12H19N3S/c1-3-16-11-6-4-5-10(11)15-12-7-8-13-9(2)14-12/h7-8,10-11H,3-6H2,1-2H3,(H,13,14,15). The molecule has 1 aliphatic carbocycles. The van der Waals surface area contributed by atoms with Crippen molar-refractivity contribution in [1.29, 1.82) is 0 Å². The van der Waals surface area contributed by atoms with Crippen LogP contribution in [0.4, 0.5) is 5.82 Å². The van der Waals surface area contributed by atoms with E-state index in [2.05, 4.69) is 34.0 Å². The molecular weight excluding hydrogens is 218 g/mol. The summed E-state index contributed by atoms with van der Waals surface area (Å²) < 4.78 is 0. The summed E-state index contributed by atoms with van der Waals surface area (Å²) in [6.07, 6.45) is 5.75. The molecule has 88 valence electrons. The molecule has 1 aromatic rings. The lowest BCUT2D eigenvalue weighted by molar-refractivity contribution is 0.760. The van der Waals surface area contributed by atoms with E-state index in [4.69, 9.17) is 0 Å². The van der Waals surface area contributed by atoms with E-state index >= 15 is 0 Å². The Hall–Kier alpha value is -0.770. The molecule has 1 heterocycles. The van der Waals surface area contributed by atoms with E-state index in [1.807, 2.05) is 19.2 Å². The molecule has 1 aromatic heterocycles. The molecule has 2 unspecified atom stereocenters. The van der Waals surface area contributed by atoms with E-state index in [9.17, 15) is 0 Å². The Bertz CT molecular complexity index is 343. The van der Waals surface area contributed by atoms with E-state index in [1.165, 1.54) is 25.0 Å². The van der Waals surface area contributed by atoms with Gasteiger partial charge in [0.15, 0.2) is 0 Å². The van der Waals surface area contributed by atoms with Crippen LogP contribution in [-0.4, -0.2) is 27.0 Å². The largest absolute Gasteiger partial charge is 0.366 e. The SMILES string of the molecule is CCSC1CCCC1Nc1ccnc(C)n1. The van der Waals surface area contributed by atoms with Crippen molar-refractivity contribution < 1.29 is 0 Å². The van der Waals surface area contributed by atoms with E-state index < -0.39 is 0 Å². The van der Waals surface area contributed by atoms with Crippen molar-refractivity contribution in [2.45, 2.75) is 44.4 Å². The Morgan fingerprint density at radius 3 is 3.12 bits per heavy atom. The Kier molecular flexibility index (Phi) is 4.04. The second-order valence-electron chi connectivity index (χ2n) is 4.16. The van der Waals surface area contributed by atoms with Gasteiger partial charge in [0.25, 0.3) is 0 Å². The molecule has 0 aliphatic heterocycles. The molecule has 2 atom stereocenters. The summed E-state index contributed by atoms with van der Waals surface area (Å²) in [5.41, 5.74) is 0. The zero-order valence-corrected chi connectivity index (χ0v) is 10.8. The molecule has 3 nitrogen and oxygen atoms in total. The minimum atomic E-state index is 0.583. The number of hydrogen-bond donors (Lipinski definition) is 1. The van der Waals surface area contributed by atoms with E-state index in [-0.39, 0.29) is 0 Å². The lowest BCUT2D eigenvalue weighted by Crippen LogP contribution is -2.26. The predicted octanol–water partition coefficient (Wildman–Crippen LogP) is 2.87. The van der Waals surface area contributed by atoms with Crippen LogP contribution < -0.4 is 5.32 Å². The molecular formula is C12H19N3S. The Morgan fingerprint density at radius 1 is 1.50 bits per heavy atom. The number of aryl methyl sites for hydroxylation is 1. The fourth-order valence-electron chi connectivity index (χ4n) is 2.23. The molecule has 2 rings (SSSR count). The fourth-order valence-corrected chi connectivity index (χ4v) is 3.43. The molecule has 4 heteroatoms. The quantitative estimate of drug-likeness (QED) is 0.874. The van der Waals surface area contributed by atoms with Crippen LogP contribution in [0.5, 0.6) is 0 Å². The smallest absolute Gasteiger partial charge is 0.129 e. The number of rotatable bonds is 4. The normalized spacial score (nSPS) is 24.6. The number of nitrogens with zero attached hydrogens (tertiary/aromatic N) is 2. The fraction of sp³-hybridized carbons (Fsp3) is 0.667. The second kappa shape index (κ2) is 5.53. The highest BCUT2D eigenvalue weighted by molar-refractivity contribution is 7.99. The topological polar surface area (TPSA) is 37.8 Å². The summed E-state index contributed by atoms with van der Waals surface area (Å²) in [5.74, 6) is 3.01. The van der Waals surface area contributed by atoms with Gasteiger partial charge >= 0.3 is 0 Å². The van der Waals surface area contributed by atoms with Crippen LogP contribution in [0.3, 0.4) is 0 Å². The molecule has 0 bridgehead atoms. The molecule has 0 aromatic carbocycles. The van der Waals surface area contributed by atoms with Crippen molar-refractivity contribution in [3.63, 3.8) is 0 Å². The van der Waals surface area contributed by atoms with Gasteiger partial charge in [-0.15, -0.1) is 0 Å². The minimum Gasteiger partial charge on any atom is -0.366 e. The third-order valence-corrected chi connectivity index (χ3v) is 4.27. The second-order valence-corrected chi connectivity index (χ2v) is 5.68. The number of anilines is 1. The first-order valence-electron chi connectivity index (χ1n) is 5.97. The van der Waals surface area contributed by atoms with Gasteiger partial charge in [0.05, 0.1) is 0 Å². The van der Waals surface area contributed by atoms with Gasteiger partial charge in [-0.05, 0) is 31.6 Å². The summed E-state index contributed by atoms with van der Waals surface area (Å²) in [5, 5.41) is 4.29. The summed E-state index contributed by atoms with van der Waals surface area (Å²) in [7, 11) is 0. The van der Waals surface area contributed by atoms with Gasteiger partial charge in [-0.2, -0.15) is 11.8 Å². The first kappa shape index (κ1) is 11.7. The van der Waals surface area contributed by atoms with Crippen LogP contribution in [0.2, 0.25) is 0 Å². The highest BCUT2D eigenvalue weighted by Gasteiger charge is 2.27. The van der Waals surface area contributed by atoms with Crippen molar-refractivity contribution in [2.75, 3.05) is 11.1 Å². The Morgan fingerprint density at radius 2 is 2.38 bits per heavy atom. The zero-order valence-electron chi connectivity index (χ0n) is 9.94. The van der Waals surface area contributed by atoms with Gasteiger partial charge in [0, 0.05) is 17.5 Å². The van der Waals surface area contributed by atoms with Gasteiger partial charge in [-0.3, -0.25) is 0 Å². The van der Waals surface area contributed by atoms with Gasteiger partial charge in [-0.25, -0.2) is 9.97 Å². The van der Waals surface area contributed by atoms with E-state index in [0.717, 1.165) is 16.9 Å². The Labute approximate surface area is 101 Å². The molecule has 1 N–H and O–H groups in total. The van der Waals surface area contributed by atoms with Crippen LogP contribution in [0.15, 0.2) is 12.3 Å². The molecule has 1 aliphatic rings. The molecule has 1 saturated carbocycles. The number of nitrogens with one attached hydrogen (secondary N) is 1. The van der Waals surface area contributed by atoms with Gasteiger partial charge in [0.2, 0.25) is 0 Å². The van der Waals surface area contributed by atoms with Crippen LogP contribution in [0, 0.1) is 6.92 Å². The highest BCUT2D eigenvalue weighted by atomic mass is 32.2. The zero-order chi connectivity index (χ0) is 11.4. The van der Waals surface area contributed by atoms with Crippen molar-refractivity contribution in [3.05, 3.63) is 18.1 Å². The minimum absolute atomic E-state index is 0.583. The maximum atomic E-state index is 4.40. The molecule has 0 amide bonds. The molecule has 0 saturated heterocycles. The molecule has 16 heavy (non-hydrogen) atoms. The third kappa shape index (κ3) is 2.88. The van der Waals surface area contributed by atoms with Crippen molar-refractivity contribution in [3.8, 4) is 0 Å². The van der Waals surface area contributed by atoms with Crippen molar-refractivity contribution >= 4 is 17.6 Å². The van der Waals surface area contributed by atoms with Gasteiger partial charge in [-0.1, -0.05) is 13.3 Å². The van der Waals surface area contributed by atoms with E-state index in [0.29, 0.717) is 6.04 Å². The van der Waals surface area contributed by atoms with Crippen LogP contribution >= 0.6 is 11.8 Å².